The molecular weight excluding hydrogens is 769 g/mol. The number of aliphatic hydroxyl groups is 1. The fourth-order valence-electron chi connectivity index (χ4n) is 7.61. The van der Waals surface area contributed by atoms with Gasteiger partial charge in [-0.15, -0.1) is 21.5 Å². The topological polar surface area (TPSA) is 203 Å². The SMILES string of the molecule is Cc1ncsc1-c1ccc([C@H](C)NC(=O)[C@@H]2C[C@@H](O)CN2C(=O)[C@@H](NC(=O)c2ccnc(N3CCN(c4cc(-c5ccccc5O)nnc4N)CC3)c2)C(C)(C)C)cc1. The number of benzene rings is 2. The molecule has 2 aliphatic rings. The number of aromatic hydroxyl groups is 1. The third-order valence-corrected chi connectivity index (χ3v) is 11.9. The smallest absolute Gasteiger partial charge is 0.252 e. The van der Waals surface area contributed by atoms with Gasteiger partial charge in [-0.05, 0) is 60.7 Å². The largest absolute Gasteiger partial charge is 0.507 e. The number of amides is 3. The normalized spacial score (nSPS) is 18.0. The predicted molar refractivity (Wildman–Crippen MR) is 228 cm³/mol. The third-order valence-electron chi connectivity index (χ3n) is 11.0. The summed E-state index contributed by atoms with van der Waals surface area (Å²) in [6.45, 7) is 11.7. The van der Waals surface area contributed by atoms with Crippen molar-refractivity contribution in [1.82, 2.24) is 35.7 Å². The van der Waals surface area contributed by atoms with Crippen LogP contribution in [0.3, 0.4) is 0 Å². The van der Waals surface area contributed by atoms with Crippen molar-refractivity contribution in [2.45, 2.75) is 65.3 Å². The van der Waals surface area contributed by atoms with Crippen molar-refractivity contribution in [2.24, 2.45) is 5.41 Å². The van der Waals surface area contributed by atoms with E-state index in [2.05, 4.69) is 40.6 Å². The molecule has 0 radical (unpaired) electrons. The standard InChI is InChI=1S/C43H50N10O5S/c1-25(27-10-12-28(13-11-27)37-26(2)46-24-59-37)47-41(57)34-21-30(54)23-53(34)42(58)38(43(3,4)5)48-40(56)29-14-15-45-36(20-29)52-18-16-51(17-19-52)33-22-32(49-50-39(33)44)31-8-6-7-9-35(31)55/h6-15,20,22,24-25,30,34,38,54-55H,16-19,21,23H2,1-5H3,(H2,44,50)(H,47,57)(H,48,56)/t25-,30+,34-,38+/m0/s1. The van der Waals surface area contributed by atoms with Gasteiger partial charge in [0.25, 0.3) is 5.91 Å². The summed E-state index contributed by atoms with van der Waals surface area (Å²) < 4.78 is 0. The van der Waals surface area contributed by atoms with Crippen LogP contribution in [0.4, 0.5) is 17.3 Å². The summed E-state index contributed by atoms with van der Waals surface area (Å²) in [5.74, 6) is -0.287. The fourth-order valence-corrected chi connectivity index (χ4v) is 8.42. The van der Waals surface area contributed by atoms with Crippen molar-refractivity contribution in [3.63, 3.8) is 0 Å². The van der Waals surface area contributed by atoms with Gasteiger partial charge in [-0.25, -0.2) is 9.97 Å². The van der Waals surface area contributed by atoms with E-state index in [1.54, 1.807) is 47.9 Å². The first kappa shape index (κ1) is 41.0. The minimum absolute atomic E-state index is 0.0285. The summed E-state index contributed by atoms with van der Waals surface area (Å²) in [7, 11) is 0. The van der Waals surface area contributed by atoms with E-state index in [-0.39, 0.29) is 36.5 Å². The average molecular weight is 819 g/mol. The monoisotopic (exact) mass is 818 g/mol. The molecule has 0 bridgehead atoms. The highest BCUT2D eigenvalue weighted by molar-refractivity contribution is 7.13. The Bertz CT molecular complexity index is 2320. The molecular formula is C43H50N10O5S. The quantitative estimate of drug-likeness (QED) is 0.132. The van der Waals surface area contributed by atoms with Crippen molar-refractivity contribution in [1.29, 1.82) is 0 Å². The molecule has 2 saturated heterocycles. The van der Waals surface area contributed by atoms with E-state index in [9.17, 15) is 24.6 Å². The molecule has 5 aromatic rings. The van der Waals surface area contributed by atoms with Gasteiger partial charge < -0.3 is 41.3 Å². The molecule has 59 heavy (non-hydrogen) atoms. The van der Waals surface area contributed by atoms with Gasteiger partial charge >= 0.3 is 0 Å². The number of anilines is 3. The molecule has 3 amide bonds. The zero-order chi connectivity index (χ0) is 42.0. The van der Waals surface area contributed by atoms with Crippen LogP contribution in [-0.4, -0.2) is 104 Å². The second-order valence-electron chi connectivity index (χ2n) is 16.2. The molecule has 2 aliphatic heterocycles. The lowest BCUT2D eigenvalue weighted by Crippen LogP contribution is -2.57. The lowest BCUT2D eigenvalue weighted by molar-refractivity contribution is -0.142. The summed E-state index contributed by atoms with van der Waals surface area (Å²) in [5, 5.41) is 35.4. The zero-order valence-corrected chi connectivity index (χ0v) is 34.6. The highest BCUT2D eigenvalue weighted by Crippen LogP contribution is 2.33. The minimum Gasteiger partial charge on any atom is -0.507 e. The van der Waals surface area contributed by atoms with E-state index in [1.165, 1.54) is 4.90 Å². The van der Waals surface area contributed by atoms with Crippen molar-refractivity contribution in [2.75, 3.05) is 48.3 Å². The molecule has 5 heterocycles. The molecule has 2 fully saturated rings. The number of pyridine rings is 1. The number of nitrogens with zero attached hydrogens (tertiary/aromatic N) is 7. The third kappa shape index (κ3) is 8.98. The second-order valence-corrected chi connectivity index (χ2v) is 17.0. The van der Waals surface area contributed by atoms with Gasteiger partial charge in [0.1, 0.15) is 23.7 Å². The number of rotatable bonds is 10. The molecule has 0 spiro atoms. The summed E-state index contributed by atoms with van der Waals surface area (Å²) in [4.78, 5) is 57.5. The van der Waals surface area contributed by atoms with Gasteiger partial charge in [-0.3, -0.25) is 14.4 Å². The lowest BCUT2D eigenvalue weighted by atomic mass is 9.85. The van der Waals surface area contributed by atoms with E-state index < -0.39 is 35.4 Å². The number of aryl methyl sites for hydroxylation is 1. The first-order chi connectivity index (χ1) is 28.2. The van der Waals surface area contributed by atoms with E-state index in [4.69, 9.17) is 5.73 Å². The van der Waals surface area contributed by atoms with Crippen molar-refractivity contribution in [3.05, 3.63) is 95.3 Å². The second kappa shape index (κ2) is 17.0. The van der Waals surface area contributed by atoms with Crippen LogP contribution in [0.15, 0.2) is 78.4 Å². The molecule has 0 unspecified atom stereocenters. The number of hydrogen-bond acceptors (Lipinski definition) is 13. The van der Waals surface area contributed by atoms with Gasteiger partial charge in [0.2, 0.25) is 11.8 Å². The Kier molecular flexibility index (Phi) is 11.8. The summed E-state index contributed by atoms with van der Waals surface area (Å²) in [5.41, 5.74) is 12.3. The molecule has 7 rings (SSSR count). The molecule has 0 aliphatic carbocycles. The Morgan fingerprint density at radius 2 is 1.64 bits per heavy atom. The summed E-state index contributed by atoms with van der Waals surface area (Å²) in [6.07, 6.45) is 0.763. The van der Waals surface area contributed by atoms with E-state index >= 15 is 0 Å². The number of phenols is 1. The molecule has 6 N–H and O–H groups in total. The molecule has 4 atom stereocenters. The Morgan fingerprint density at radius 3 is 2.32 bits per heavy atom. The number of nitrogens with one attached hydrogen (secondary N) is 2. The highest BCUT2D eigenvalue weighted by atomic mass is 32.1. The van der Waals surface area contributed by atoms with E-state index in [0.717, 1.165) is 21.7 Å². The van der Waals surface area contributed by atoms with Crippen LogP contribution in [-0.2, 0) is 9.59 Å². The van der Waals surface area contributed by atoms with E-state index in [0.29, 0.717) is 54.5 Å². The van der Waals surface area contributed by atoms with Gasteiger partial charge in [-0.1, -0.05) is 57.2 Å². The van der Waals surface area contributed by atoms with Crippen LogP contribution in [0.25, 0.3) is 21.7 Å². The number of thiazole rings is 1. The Labute approximate surface area is 347 Å². The number of likely N-dealkylation sites (tertiary alicyclic amines) is 1. The van der Waals surface area contributed by atoms with Crippen molar-refractivity contribution < 1.29 is 24.6 Å². The predicted octanol–water partition coefficient (Wildman–Crippen LogP) is 4.57. The Hall–Kier alpha value is -6.13. The first-order valence-electron chi connectivity index (χ1n) is 19.7. The number of β-amino-alcohol motifs (C(OH)–C–C–N with tert-alkyl or cyclic N) is 1. The van der Waals surface area contributed by atoms with Crippen LogP contribution < -0.4 is 26.2 Å². The summed E-state index contributed by atoms with van der Waals surface area (Å²) in [6, 6.07) is 17.7. The van der Waals surface area contributed by atoms with Crippen LogP contribution in [0.5, 0.6) is 5.75 Å². The number of nitrogen functional groups attached to an aromatic ring is 1. The minimum atomic E-state index is -1.00. The zero-order valence-electron chi connectivity index (χ0n) is 33.8. The number of phenolic OH excluding ortho intramolecular Hbond substituents is 1. The van der Waals surface area contributed by atoms with E-state index in [1.807, 2.05) is 76.5 Å². The maximum absolute atomic E-state index is 14.3. The van der Waals surface area contributed by atoms with Crippen LogP contribution in [0, 0.1) is 12.3 Å². The van der Waals surface area contributed by atoms with Gasteiger partial charge in [0.05, 0.1) is 39.6 Å². The van der Waals surface area contributed by atoms with Crippen molar-refractivity contribution in [3.8, 4) is 27.4 Å². The van der Waals surface area contributed by atoms with Crippen LogP contribution >= 0.6 is 11.3 Å². The van der Waals surface area contributed by atoms with Gasteiger partial charge in [-0.2, -0.15) is 0 Å². The Morgan fingerprint density at radius 1 is 0.932 bits per heavy atom. The Balaban J connectivity index is 0.996. The number of carbonyl (C=O) groups excluding carboxylic acids is 3. The van der Waals surface area contributed by atoms with Crippen LogP contribution in [0.1, 0.15) is 61.8 Å². The maximum atomic E-state index is 14.3. The van der Waals surface area contributed by atoms with Gasteiger partial charge in [0.15, 0.2) is 5.82 Å². The fraction of sp³-hybridized carbons (Fsp3) is 0.372. The molecule has 0 saturated carbocycles. The maximum Gasteiger partial charge on any atom is 0.252 e. The first-order valence-corrected chi connectivity index (χ1v) is 20.5. The van der Waals surface area contributed by atoms with Crippen molar-refractivity contribution >= 4 is 46.4 Å². The number of piperazine rings is 1. The number of nitrogens with two attached hydrogens (primary N) is 1. The number of carbonyl (C=O) groups is 3. The molecule has 2 aromatic carbocycles. The molecule has 3 aromatic heterocycles. The van der Waals surface area contributed by atoms with Gasteiger partial charge in [0, 0.05) is 56.5 Å². The number of aromatic nitrogens is 4. The number of aliphatic hydroxyl groups excluding tert-OH is 1. The van der Waals surface area contributed by atoms with Crippen LogP contribution in [0.2, 0.25) is 0 Å². The highest BCUT2D eigenvalue weighted by Gasteiger charge is 2.45. The number of hydrogen-bond donors (Lipinski definition) is 5. The lowest BCUT2D eigenvalue weighted by Gasteiger charge is -2.37. The molecule has 308 valence electrons. The number of para-hydroxylation sites is 1. The molecule has 15 nitrogen and oxygen atoms in total. The summed E-state index contributed by atoms with van der Waals surface area (Å²) >= 11 is 1.57. The average Bonchev–Trinajstić information content (AvgIpc) is 3.85. The molecule has 16 heteroatoms.